The number of benzene rings is 1. The summed E-state index contributed by atoms with van der Waals surface area (Å²) in [5, 5.41) is 10.7. The summed E-state index contributed by atoms with van der Waals surface area (Å²) in [4.78, 5) is 23.4. The third-order valence-electron chi connectivity index (χ3n) is 4.84. The Kier molecular flexibility index (Phi) is 6.89. The van der Waals surface area contributed by atoms with Crippen LogP contribution >= 0.6 is 0 Å². The van der Waals surface area contributed by atoms with Crippen molar-refractivity contribution >= 4 is 5.97 Å². The third-order valence-corrected chi connectivity index (χ3v) is 4.84. The number of fused-ring (bicyclic) bond motifs is 1. The van der Waals surface area contributed by atoms with Crippen molar-refractivity contribution in [1.82, 2.24) is 10.5 Å². The molecule has 150 valence electrons. The summed E-state index contributed by atoms with van der Waals surface area (Å²) < 4.78 is 10.9. The van der Waals surface area contributed by atoms with Crippen LogP contribution in [0.2, 0.25) is 0 Å². The van der Waals surface area contributed by atoms with Gasteiger partial charge in [-0.2, -0.15) is 5.48 Å². The van der Waals surface area contributed by atoms with Crippen molar-refractivity contribution in [1.29, 1.82) is 0 Å². The Labute approximate surface area is 159 Å². The molecule has 1 aromatic carbocycles. The SMILES string of the molecule is CCCCCC(=O)ON1CONC1(CCCCO)c1ccc2c(c1)OCO2. The highest BCUT2D eigenvalue weighted by Crippen LogP contribution is 2.41. The van der Waals surface area contributed by atoms with Crippen molar-refractivity contribution in [3.8, 4) is 11.5 Å². The maximum absolute atomic E-state index is 12.3. The van der Waals surface area contributed by atoms with Crippen LogP contribution in [0.1, 0.15) is 57.4 Å². The van der Waals surface area contributed by atoms with E-state index in [4.69, 9.17) is 24.3 Å². The molecule has 1 unspecified atom stereocenters. The Bertz CT molecular complexity index is 641. The molecule has 0 saturated carbocycles. The second kappa shape index (κ2) is 9.36. The lowest BCUT2D eigenvalue weighted by atomic mass is 9.93. The van der Waals surface area contributed by atoms with Crippen LogP contribution in [-0.4, -0.2) is 36.3 Å². The quantitative estimate of drug-likeness (QED) is 0.599. The molecule has 2 N–H and O–H groups in total. The zero-order valence-corrected chi connectivity index (χ0v) is 15.7. The molecule has 0 spiro atoms. The van der Waals surface area contributed by atoms with Crippen molar-refractivity contribution in [3.63, 3.8) is 0 Å². The fourth-order valence-electron chi connectivity index (χ4n) is 3.33. The molecule has 8 nitrogen and oxygen atoms in total. The van der Waals surface area contributed by atoms with Crippen LogP contribution in [0.15, 0.2) is 18.2 Å². The van der Waals surface area contributed by atoms with Crippen molar-refractivity contribution in [3.05, 3.63) is 23.8 Å². The number of nitrogens with zero attached hydrogens (tertiary/aromatic N) is 1. The molecule has 2 aliphatic rings. The molecule has 1 fully saturated rings. The largest absolute Gasteiger partial charge is 0.454 e. The zero-order chi connectivity index (χ0) is 19.1. The van der Waals surface area contributed by atoms with E-state index in [9.17, 15) is 4.79 Å². The number of rotatable bonds is 10. The highest BCUT2D eigenvalue weighted by Gasteiger charge is 2.46. The number of carbonyl (C=O) groups is 1. The molecule has 3 rings (SSSR count). The molecule has 1 atom stereocenters. The molecule has 0 aliphatic carbocycles. The number of unbranched alkanes of at least 4 members (excludes halogenated alkanes) is 3. The summed E-state index contributed by atoms with van der Waals surface area (Å²) >= 11 is 0. The van der Waals surface area contributed by atoms with E-state index in [2.05, 4.69) is 12.4 Å². The molecular formula is C19H28N2O6. The van der Waals surface area contributed by atoms with Gasteiger partial charge in [0.15, 0.2) is 23.9 Å². The van der Waals surface area contributed by atoms with Gasteiger partial charge in [0.25, 0.3) is 0 Å². The summed E-state index contributed by atoms with van der Waals surface area (Å²) in [5.74, 6) is 1.06. The van der Waals surface area contributed by atoms with Crippen LogP contribution in [0.5, 0.6) is 11.5 Å². The fraction of sp³-hybridized carbons (Fsp3) is 0.632. The van der Waals surface area contributed by atoms with Crippen molar-refractivity contribution in [2.45, 2.75) is 57.5 Å². The molecule has 0 bridgehead atoms. The summed E-state index contributed by atoms with van der Waals surface area (Å²) in [6, 6.07) is 5.62. The second-order valence-electron chi connectivity index (χ2n) is 6.78. The summed E-state index contributed by atoms with van der Waals surface area (Å²) in [5.41, 5.74) is 3.04. The number of aliphatic hydroxyl groups is 1. The molecule has 2 heterocycles. The van der Waals surface area contributed by atoms with E-state index in [1.165, 1.54) is 0 Å². The van der Waals surface area contributed by atoms with E-state index in [1.807, 2.05) is 18.2 Å². The monoisotopic (exact) mass is 380 g/mol. The first-order chi connectivity index (χ1) is 13.2. The van der Waals surface area contributed by atoms with E-state index >= 15 is 0 Å². The highest BCUT2D eigenvalue weighted by atomic mass is 16.8. The number of hydroxylamine groups is 3. The molecule has 27 heavy (non-hydrogen) atoms. The normalized spacial score (nSPS) is 21.6. The number of carbonyl (C=O) groups excluding carboxylic acids is 1. The van der Waals surface area contributed by atoms with Gasteiger partial charge in [-0.15, -0.1) is 0 Å². The predicted molar refractivity (Wildman–Crippen MR) is 96.3 cm³/mol. The van der Waals surface area contributed by atoms with Crippen LogP contribution in [0.25, 0.3) is 0 Å². The van der Waals surface area contributed by atoms with Crippen LogP contribution < -0.4 is 15.0 Å². The Hall–Kier alpha value is -1.87. The maximum Gasteiger partial charge on any atom is 0.325 e. The van der Waals surface area contributed by atoms with Gasteiger partial charge in [-0.05, 0) is 43.4 Å². The predicted octanol–water partition coefficient (Wildman–Crippen LogP) is 2.56. The minimum absolute atomic E-state index is 0.106. The number of ether oxygens (including phenoxy) is 2. The zero-order valence-electron chi connectivity index (χ0n) is 15.7. The van der Waals surface area contributed by atoms with Gasteiger partial charge >= 0.3 is 5.97 Å². The molecule has 8 heteroatoms. The molecule has 1 aromatic rings. The van der Waals surface area contributed by atoms with Gasteiger partial charge in [0, 0.05) is 13.0 Å². The second-order valence-corrected chi connectivity index (χ2v) is 6.78. The Balaban J connectivity index is 1.79. The Morgan fingerprint density at radius 3 is 2.93 bits per heavy atom. The Morgan fingerprint density at radius 2 is 2.11 bits per heavy atom. The number of hydrogen-bond acceptors (Lipinski definition) is 8. The van der Waals surface area contributed by atoms with Gasteiger partial charge in [0.1, 0.15) is 0 Å². The highest BCUT2D eigenvalue weighted by molar-refractivity contribution is 5.69. The lowest BCUT2D eigenvalue weighted by molar-refractivity contribution is -0.220. The standard InChI is InChI=1S/C19H28N2O6/c1-2-3-4-7-18(23)27-21-13-26-20-19(21,10-5-6-11-22)15-8-9-16-17(12-15)25-14-24-16/h8-9,12,20,22H,2-7,10-11,13-14H2,1H3. The lowest BCUT2D eigenvalue weighted by Gasteiger charge is -2.35. The minimum atomic E-state index is -0.837. The molecular weight excluding hydrogens is 352 g/mol. The van der Waals surface area contributed by atoms with Gasteiger partial charge in [0.2, 0.25) is 6.79 Å². The van der Waals surface area contributed by atoms with E-state index in [1.54, 1.807) is 5.06 Å². The van der Waals surface area contributed by atoms with Crippen LogP contribution in [0.3, 0.4) is 0 Å². The number of aliphatic hydroxyl groups excluding tert-OH is 1. The first-order valence-corrected chi connectivity index (χ1v) is 9.58. The van der Waals surface area contributed by atoms with Gasteiger partial charge in [-0.3, -0.25) is 9.63 Å². The smallest absolute Gasteiger partial charge is 0.325 e. The van der Waals surface area contributed by atoms with Crippen LogP contribution in [0.4, 0.5) is 0 Å². The first-order valence-electron chi connectivity index (χ1n) is 9.58. The van der Waals surface area contributed by atoms with Crippen molar-refractivity contribution in [2.24, 2.45) is 0 Å². The first kappa shape index (κ1) is 19.9. The minimum Gasteiger partial charge on any atom is -0.454 e. The molecule has 0 aromatic heterocycles. The summed E-state index contributed by atoms with van der Waals surface area (Å²) in [6.07, 6.45) is 5.18. The van der Waals surface area contributed by atoms with Crippen LogP contribution in [0, 0.1) is 0 Å². The van der Waals surface area contributed by atoms with Gasteiger partial charge in [-0.25, -0.2) is 0 Å². The fourth-order valence-corrected chi connectivity index (χ4v) is 3.33. The molecule has 1 saturated heterocycles. The van der Waals surface area contributed by atoms with Crippen molar-refractivity contribution in [2.75, 3.05) is 20.1 Å². The number of nitrogens with one attached hydrogen (secondary N) is 1. The van der Waals surface area contributed by atoms with E-state index < -0.39 is 5.66 Å². The van der Waals surface area contributed by atoms with Gasteiger partial charge in [0.05, 0.1) is 0 Å². The van der Waals surface area contributed by atoms with Crippen molar-refractivity contribution < 1.29 is 29.0 Å². The third kappa shape index (κ3) is 4.52. The molecule has 0 radical (unpaired) electrons. The molecule has 2 aliphatic heterocycles. The van der Waals surface area contributed by atoms with Gasteiger partial charge in [-0.1, -0.05) is 30.9 Å². The van der Waals surface area contributed by atoms with E-state index in [0.717, 1.165) is 31.2 Å². The van der Waals surface area contributed by atoms with E-state index in [-0.39, 0.29) is 26.1 Å². The van der Waals surface area contributed by atoms with Crippen LogP contribution in [-0.2, 0) is 20.1 Å². The average Bonchev–Trinajstić information content (AvgIpc) is 3.29. The summed E-state index contributed by atoms with van der Waals surface area (Å²) in [7, 11) is 0. The number of hydrogen-bond donors (Lipinski definition) is 2. The Morgan fingerprint density at radius 1 is 1.26 bits per heavy atom. The summed E-state index contributed by atoms with van der Waals surface area (Å²) in [6.45, 7) is 2.51. The molecule has 0 amide bonds. The maximum atomic E-state index is 12.3. The van der Waals surface area contributed by atoms with E-state index in [0.29, 0.717) is 30.8 Å². The topological polar surface area (TPSA) is 89.5 Å². The lowest BCUT2D eigenvalue weighted by Crippen LogP contribution is -2.49. The average molecular weight is 380 g/mol. The van der Waals surface area contributed by atoms with Gasteiger partial charge < -0.3 is 19.4 Å².